The Bertz CT molecular complexity index is 525. The number of carbonyl (C=O) groups is 1. The van der Waals surface area contributed by atoms with Gasteiger partial charge in [-0.2, -0.15) is 0 Å². The first kappa shape index (κ1) is 12.7. The van der Waals surface area contributed by atoms with Crippen molar-refractivity contribution in [2.45, 2.75) is 6.42 Å². The fourth-order valence-electron chi connectivity index (χ4n) is 1.68. The van der Waals surface area contributed by atoms with Crippen molar-refractivity contribution < 1.29 is 4.79 Å². The number of nitrogens with one attached hydrogen (secondary N) is 1. The molecule has 0 amide bonds. The molecule has 0 aromatic heterocycles. The van der Waals surface area contributed by atoms with Gasteiger partial charge in [-0.25, -0.2) is 0 Å². The van der Waals surface area contributed by atoms with Crippen molar-refractivity contribution in [1.29, 1.82) is 0 Å². The van der Waals surface area contributed by atoms with Crippen LogP contribution in [0.2, 0.25) is 5.02 Å². The smallest absolute Gasteiger partial charge is 0.164 e. The van der Waals surface area contributed by atoms with Crippen LogP contribution in [0.4, 0.5) is 5.69 Å². The van der Waals surface area contributed by atoms with Gasteiger partial charge in [0.2, 0.25) is 0 Å². The van der Waals surface area contributed by atoms with Crippen LogP contribution < -0.4 is 5.32 Å². The van der Waals surface area contributed by atoms with Crippen LogP contribution in [0.3, 0.4) is 0 Å². The van der Waals surface area contributed by atoms with Crippen molar-refractivity contribution >= 4 is 23.1 Å². The van der Waals surface area contributed by atoms with Gasteiger partial charge in [0.1, 0.15) is 0 Å². The second kappa shape index (κ2) is 6.22. The number of hydrogen-bond donors (Lipinski definition) is 1. The van der Waals surface area contributed by atoms with Crippen molar-refractivity contribution in [3.05, 3.63) is 65.2 Å². The van der Waals surface area contributed by atoms with E-state index in [-0.39, 0.29) is 5.78 Å². The Hall–Kier alpha value is -1.80. The number of halogens is 1. The van der Waals surface area contributed by atoms with E-state index in [2.05, 4.69) is 5.32 Å². The number of hydrogen-bond acceptors (Lipinski definition) is 2. The van der Waals surface area contributed by atoms with E-state index in [1.165, 1.54) is 0 Å². The molecule has 3 heteroatoms. The molecule has 0 fully saturated rings. The van der Waals surface area contributed by atoms with Gasteiger partial charge in [0.15, 0.2) is 5.78 Å². The van der Waals surface area contributed by atoms with Gasteiger partial charge < -0.3 is 5.32 Å². The molecule has 18 heavy (non-hydrogen) atoms. The molecule has 0 atom stereocenters. The highest BCUT2D eigenvalue weighted by Crippen LogP contribution is 2.20. The summed E-state index contributed by atoms with van der Waals surface area (Å²) >= 11 is 6.01. The predicted molar refractivity (Wildman–Crippen MR) is 75.3 cm³/mol. The van der Waals surface area contributed by atoms with Crippen LogP contribution in [0, 0.1) is 0 Å². The molecule has 0 saturated carbocycles. The van der Waals surface area contributed by atoms with Gasteiger partial charge in [-0.3, -0.25) is 4.79 Å². The van der Waals surface area contributed by atoms with Gasteiger partial charge in [0, 0.05) is 18.5 Å². The predicted octanol–water partition coefficient (Wildman–Crippen LogP) is 4.02. The molecule has 0 heterocycles. The Morgan fingerprint density at radius 3 is 2.39 bits per heavy atom. The highest BCUT2D eigenvalue weighted by atomic mass is 35.5. The van der Waals surface area contributed by atoms with E-state index in [4.69, 9.17) is 11.6 Å². The molecule has 2 nitrogen and oxygen atoms in total. The number of anilines is 1. The van der Waals surface area contributed by atoms with E-state index >= 15 is 0 Å². The lowest BCUT2D eigenvalue weighted by atomic mass is 10.1. The summed E-state index contributed by atoms with van der Waals surface area (Å²) in [5.41, 5.74) is 1.61. The highest BCUT2D eigenvalue weighted by Gasteiger charge is 2.04. The number of carbonyl (C=O) groups excluding carboxylic acids is 1. The van der Waals surface area contributed by atoms with Crippen molar-refractivity contribution in [3.8, 4) is 0 Å². The van der Waals surface area contributed by atoms with Crippen molar-refractivity contribution in [2.24, 2.45) is 0 Å². The third-order valence-corrected chi connectivity index (χ3v) is 2.97. The lowest BCUT2D eigenvalue weighted by Crippen LogP contribution is -2.08. The fourth-order valence-corrected chi connectivity index (χ4v) is 1.89. The maximum absolute atomic E-state index is 11.8. The normalized spacial score (nSPS) is 10.1. The monoisotopic (exact) mass is 259 g/mol. The zero-order chi connectivity index (χ0) is 12.8. The molecule has 0 bridgehead atoms. The number of rotatable bonds is 5. The van der Waals surface area contributed by atoms with Gasteiger partial charge in [-0.15, -0.1) is 0 Å². The second-order valence-electron chi connectivity index (χ2n) is 3.95. The summed E-state index contributed by atoms with van der Waals surface area (Å²) in [6.07, 6.45) is 0.454. The number of para-hydroxylation sites is 1. The van der Waals surface area contributed by atoms with Crippen LogP contribution in [-0.2, 0) is 0 Å². The van der Waals surface area contributed by atoms with Gasteiger partial charge in [0.25, 0.3) is 0 Å². The molecule has 2 aromatic carbocycles. The topological polar surface area (TPSA) is 29.1 Å². The Balaban J connectivity index is 1.86. The van der Waals surface area contributed by atoms with Crippen LogP contribution >= 0.6 is 11.6 Å². The average molecular weight is 260 g/mol. The standard InChI is InChI=1S/C15H14ClNO/c16-13-8-4-5-9-14(13)17-11-10-15(18)12-6-2-1-3-7-12/h1-9,17H,10-11H2. The zero-order valence-corrected chi connectivity index (χ0v) is 10.7. The Kier molecular flexibility index (Phi) is 4.37. The molecule has 2 aromatic rings. The molecule has 0 aliphatic rings. The van der Waals surface area contributed by atoms with Crippen LogP contribution in [0.15, 0.2) is 54.6 Å². The molecular weight excluding hydrogens is 246 g/mol. The molecule has 2 rings (SSSR count). The lowest BCUT2D eigenvalue weighted by molar-refractivity contribution is 0.0986. The molecular formula is C15H14ClNO. The van der Waals surface area contributed by atoms with Crippen LogP contribution in [-0.4, -0.2) is 12.3 Å². The SMILES string of the molecule is O=C(CCNc1ccccc1Cl)c1ccccc1. The largest absolute Gasteiger partial charge is 0.383 e. The minimum absolute atomic E-state index is 0.134. The Morgan fingerprint density at radius 1 is 1.00 bits per heavy atom. The van der Waals surface area contributed by atoms with Crippen LogP contribution in [0.25, 0.3) is 0 Å². The summed E-state index contributed by atoms with van der Waals surface area (Å²) in [5.74, 6) is 0.134. The van der Waals surface area contributed by atoms with Gasteiger partial charge in [0.05, 0.1) is 10.7 Å². The molecule has 0 unspecified atom stereocenters. The van der Waals surface area contributed by atoms with E-state index in [0.717, 1.165) is 11.3 Å². The number of Topliss-reactive ketones (excluding diaryl/α,β-unsaturated/α-hetero) is 1. The number of benzene rings is 2. The van der Waals surface area contributed by atoms with E-state index in [1.54, 1.807) is 0 Å². The van der Waals surface area contributed by atoms with Gasteiger partial charge in [-0.1, -0.05) is 54.1 Å². The lowest BCUT2D eigenvalue weighted by Gasteiger charge is -2.07. The Morgan fingerprint density at radius 2 is 1.67 bits per heavy atom. The minimum Gasteiger partial charge on any atom is -0.383 e. The zero-order valence-electron chi connectivity index (χ0n) is 9.90. The molecule has 0 aliphatic heterocycles. The summed E-state index contributed by atoms with van der Waals surface area (Å²) in [6.45, 7) is 0.581. The molecule has 0 saturated heterocycles. The van der Waals surface area contributed by atoms with E-state index in [9.17, 15) is 4.79 Å². The van der Waals surface area contributed by atoms with Crippen molar-refractivity contribution in [3.63, 3.8) is 0 Å². The fraction of sp³-hybridized carbons (Fsp3) is 0.133. The third-order valence-electron chi connectivity index (χ3n) is 2.64. The maximum Gasteiger partial charge on any atom is 0.164 e. The molecule has 0 radical (unpaired) electrons. The molecule has 0 spiro atoms. The van der Waals surface area contributed by atoms with Crippen LogP contribution in [0.5, 0.6) is 0 Å². The number of ketones is 1. The summed E-state index contributed by atoms with van der Waals surface area (Å²) in [5, 5.41) is 3.83. The van der Waals surface area contributed by atoms with E-state index in [0.29, 0.717) is 18.0 Å². The van der Waals surface area contributed by atoms with E-state index in [1.807, 2.05) is 54.6 Å². The molecule has 0 aliphatic carbocycles. The molecule has 92 valence electrons. The molecule has 1 N–H and O–H groups in total. The quantitative estimate of drug-likeness (QED) is 0.822. The summed E-state index contributed by atoms with van der Waals surface area (Å²) in [4.78, 5) is 11.8. The first-order valence-corrected chi connectivity index (χ1v) is 6.22. The summed E-state index contributed by atoms with van der Waals surface area (Å²) < 4.78 is 0. The van der Waals surface area contributed by atoms with Crippen LogP contribution in [0.1, 0.15) is 16.8 Å². The Labute approximate surface area is 112 Å². The summed E-state index contributed by atoms with van der Waals surface area (Å²) in [7, 11) is 0. The van der Waals surface area contributed by atoms with Gasteiger partial charge >= 0.3 is 0 Å². The van der Waals surface area contributed by atoms with Crippen molar-refractivity contribution in [2.75, 3.05) is 11.9 Å². The average Bonchev–Trinajstić information content (AvgIpc) is 2.42. The second-order valence-corrected chi connectivity index (χ2v) is 4.35. The van der Waals surface area contributed by atoms with E-state index < -0.39 is 0 Å². The third kappa shape index (κ3) is 3.34. The first-order valence-electron chi connectivity index (χ1n) is 5.84. The van der Waals surface area contributed by atoms with Crippen molar-refractivity contribution in [1.82, 2.24) is 0 Å². The first-order chi connectivity index (χ1) is 8.77. The minimum atomic E-state index is 0.134. The van der Waals surface area contributed by atoms with Gasteiger partial charge in [-0.05, 0) is 12.1 Å². The maximum atomic E-state index is 11.8. The highest BCUT2D eigenvalue weighted by molar-refractivity contribution is 6.33. The summed E-state index contributed by atoms with van der Waals surface area (Å²) in [6, 6.07) is 16.8.